The Bertz CT molecular complexity index is 735. The number of aryl methyl sites for hydroxylation is 1. The molecule has 0 aromatic heterocycles. The second kappa shape index (κ2) is 7.27. The summed E-state index contributed by atoms with van der Waals surface area (Å²) < 4.78 is 5.93. The molecular weight excluding hydrogens is 322 g/mol. The van der Waals surface area contributed by atoms with Gasteiger partial charge in [-0.05, 0) is 48.6 Å². The largest absolute Gasteiger partial charge is 0.481 e. The summed E-state index contributed by atoms with van der Waals surface area (Å²) in [6.45, 7) is 10.0. The fraction of sp³-hybridized carbons (Fsp3) is 0.350. The molecule has 4 heteroatoms. The monoisotopic (exact) mass is 345 g/mol. The number of hydrogen-bond donors (Lipinski definition) is 1. The number of amides is 1. The molecule has 2 aromatic carbocycles. The first-order valence-electron chi connectivity index (χ1n) is 8.01. The maximum absolute atomic E-state index is 12.5. The summed E-state index contributed by atoms with van der Waals surface area (Å²) in [5.74, 6) is 0.527. The second-order valence-corrected chi connectivity index (χ2v) is 7.39. The highest BCUT2D eigenvalue weighted by Gasteiger charge is 2.22. The lowest BCUT2D eigenvalue weighted by atomic mass is 9.86. The maximum Gasteiger partial charge on any atom is 0.265 e. The van der Waals surface area contributed by atoms with Crippen LogP contribution in [-0.4, -0.2) is 12.0 Å². The van der Waals surface area contributed by atoms with Gasteiger partial charge in [-0.15, -0.1) is 0 Å². The molecule has 0 spiro atoms. The third-order valence-electron chi connectivity index (χ3n) is 3.83. The van der Waals surface area contributed by atoms with E-state index in [2.05, 4.69) is 26.1 Å². The number of hydrogen-bond acceptors (Lipinski definition) is 2. The van der Waals surface area contributed by atoms with E-state index in [0.29, 0.717) is 10.7 Å². The number of nitrogens with one attached hydrogen (secondary N) is 1. The molecule has 0 heterocycles. The zero-order valence-corrected chi connectivity index (χ0v) is 15.6. The van der Waals surface area contributed by atoms with Crippen LogP contribution in [0.3, 0.4) is 0 Å². The van der Waals surface area contributed by atoms with Crippen LogP contribution in [0.4, 0.5) is 5.69 Å². The third kappa shape index (κ3) is 4.51. The normalized spacial score (nSPS) is 12.6. The highest BCUT2D eigenvalue weighted by molar-refractivity contribution is 6.31. The van der Waals surface area contributed by atoms with Gasteiger partial charge >= 0.3 is 0 Å². The highest BCUT2D eigenvalue weighted by Crippen LogP contribution is 2.31. The van der Waals surface area contributed by atoms with Gasteiger partial charge in [-0.1, -0.05) is 56.6 Å². The molecule has 24 heavy (non-hydrogen) atoms. The third-order valence-corrected chi connectivity index (χ3v) is 4.06. The Hall–Kier alpha value is -2.00. The Labute approximate surface area is 149 Å². The standard InChI is InChI=1S/C20H24ClNO2/c1-13-10-11-15(21)12-17(13)22-19(23)14(2)24-18-9-7-6-8-16(18)20(3,4)5/h6-12,14H,1-5H3,(H,22,23). The lowest BCUT2D eigenvalue weighted by molar-refractivity contribution is -0.122. The molecule has 0 aliphatic heterocycles. The smallest absolute Gasteiger partial charge is 0.265 e. The molecule has 2 rings (SSSR count). The molecule has 3 nitrogen and oxygen atoms in total. The fourth-order valence-electron chi connectivity index (χ4n) is 2.40. The van der Waals surface area contributed by atoms with Crippen molar-refractivity contribution in [1.29, 1.82) is 0 Å². The van der Waals surface area contributed by atoms with Crippen molar-refractivity contribution < 1.29 is 9.53 Å². The van der Waals surface area contributed by atoms with Gasteiger partial charge in [0.15, 0.2) is 6.10 Å². The van der Waals surface area contributed by atoms with Gasteiger partial charge in [-0.3, -0.25) is 4.79 Å². The SMILES string of the molecule is Cc1ccc(Cl)cc1NC(=O)C(C)Oc1ccccc1C(C)(C)C. The van der Waals surface area contributed by atoms with Crippen LogP contribution in [-0.2, 0) is 10.2 Å². The van der Waals surface area contributed by atoms with Gasteiger partial charge in [0.2, 0.25) is 0 Å². The molecule has 2 aromatic rings. The number of anilines is 1. The van der Waals surface area contributed by atoms with Crippen LogP contribution in [0.15, 0.2) is 42.5 Å². The van der Waals surface area contributed by atoms with Crippen LogP contribution in [0.1, 0.15) is 38.8 Å². The second-order valence-electron chi connectivity index (χ2n) is 6.95. The van der Waals surface area contributed by atoms with E-state index < -0.39 is 6.10 Å². The number of rotatable bonds is 4. The van der Waals surface area contributed by atoms with Gasteiger partial charge in [0, 0.05) is 10.7 Å². The van der Waals surface area contributed by atoms with Crippen LogP contribution < -0.4 is 10.1 Å². The van der Waals surface area contributed by atoms with E-state index in [9.17, 15) is 4.79 Å². The lowest BCUT2D eigenvalue weighted by Gasteiger charge is -2.24. The molecule has 0 aliphatic carbocycles. The van der Waals surface area contributed by atoms with Crippen molar-refractivity contribution in [2.24, 2.45) is 0 Å². The Kier molecular flexibility index (Phi) is 5.55. The summed E-state index contributed by atoms with van der Waals surface area (Å²) in [4.78, 5) is 12.5. The lowest BCUT2D eigenvalue weighted by Crippen LogP contribution is -2.31. The first-order valence-corrected chi connectivity index (χ1v) is 8.39. The number of carbonyl (C=O) groups excluding carboxylic acids is 1. The van der Waals surface area contributed by atoms with Crippen molar-refractivity contribution in [3.63, 3.8) is 0 Å². The van der Waals surface area contributed by atoms with Crippen LogP contribution in [0, 0.1) is 6.92 Å². The van der Waals surface area contributed by atoms with E-state index in [1.165, 1.54) is 0 Å². The molecule has 0 bridgehead atoms. The van der Waals surface area contributed by atoms with E-state index in [1.54, 1.807) is 19.1 Å². The summed E-state index contributed by atoms with van der Waals surface area (Å²) in [6, 6.07) is 13.2. The molecule has 0 aliphatic rings. The Balaban J connectivity index is 2.14. The van der Waals surface area contributed by atoms with E-state index in [1.807, 2.05) is 37.3 Å². The zero-order chi connectivity index (χ0) is 17.9. The maximum atomic E-state index is 12.5. The highest BCUT2D eigenvalue weighted by atomic mass is 35.5. The number of carbonyl (C=O) groups is 1. The van der Waals surface area contributed by atoms with Crippen molar-refractivity contribution in [2.45, 2.75) is 46.1 Å². The zero-order valence-electron chi connectivity index (χ0n) is 14.8. The average molecular weight is 346 g/mol. The number of para-hydroxylation sites is 1. The topological polar surface area (TPSA) is 38.3 Å². The molecule has 1 unspecified atom stereocenters. The summed E-state index contributed by atoms with van der Waals surface area (Å²) in [7, 11) is 0. The van der Waals surface area contributed by atoms with E-state index in [-0.39, 0.29) is 11.3 Å². The molecule has 1 atom stereocenters. The van der Waals surface area contributed by atoms with Gasteiger partial charge in [-0.2, -0.15) is 0 Å². The Morgan fingerprint density at radius 2 is 1.83 bits per heavy atom. The van der Waals surface area contributed by atoms with Crippen molar-refractivity contribution in [3.8, 4) is 5.75 Å². The minimum atomic E-state index is -0.619. The van der Waals surface area contributed by atoms with Crippen LogP contribution in [0.25, 0.3) is 0 Å². The van der Waals surface area contributed by atoms with E-state index in [4.69, 9.17) is 16.3 Å². The van der Waals surface area contributed by atoms with Crippen molar-refractivity contribution in [2.75, 3.05) is 5.32 Å². The summed E-state index contributed by atoms with van der Waals surface area (Å²) >= 11 is 6.00. The first kappa shape index (κ1) is 18.3. The summed E-state index contributed by atoms with van der Waals surface area (Å²) in [5.41, 5.74) is 2.67. The molecule has 0 saturated carbocycles. The van der Waals surface area contributed by atoms with Crippen LogP contribution in [0.5, 0.6) is 5.75 Å². The fourth-order valence-corrected chi connectivity index (χ4v) is 2.57. The Morgan fingerprint density at radius 1 is 1.17 bits per heavy atom. The van der Waals surface area contributed by atoms with Gasteiger partial charge in [0.05, 0.1) is 0 Å². The number of ether oxygens (including phenoxy) is 1. The van der Waals surface area contributed by atoms with Gasteiger partial charge in [0.1, 0.15) is 5.75 Å². The predicted octanol–water partition coefficient (Wildman–Crippen LogP) is 5.35. The minimum absolute atomic E-state index is 0.0592. The molecule has 128 valence electrons. The van der Waals surface area contributed by atoms with Crippen molar-refractivity contribution in [1.82, 2.24) is 0 Å². The predicted molar refractivity (Wildman–Crippen MR) is 100 cm³/mol. The molecular formula is C20H24ClNO2. The first-order chi connectivity index (χ1) is 11.2. The molecule has 0 saturated heterocycles. The van der Waals surface area contributed by atoms with Gasteiger partial charge < -0.3 is 10.1 Å². The van der Waals surface area contributed by atoms with Crippen LogP contribution >= 0.6 is 11.6 Å². The van der Waals surface area contributed by atoms with Crippen molar-refractivity contribution in [3.05, 3.63) is 58.6 Å². The summed E-state index contributed by atoms with van der Waals surface area (Å²) in [5, 5.41) is 3.47. The number of benzene rings is 2. The van der Waals surface area contributed by atoms with E-state index in [0.717, 1.165) is 16.9 Å². The molecule has 1 amide bonds. The average Bonchev–Trinajstić information content (AvgIpc) is 2.50. The van der Waals surface area contributed by atoms with E-state index >= 15 is 0 Å². The molecule has 0 radical (unpaired) electrons. The van der Waals surface area contributed by atoms with Gasteiger partial charge in [-0.25, -0.2) is 0 Å². The van der Waals surface area contributed by atoms with Crippen LogP contribution in [0.2, 0.25) is 5.02 Å². The molecule has 0 fully saturated rings. The molecule has 1 N–H and O–H groups in total. The minimum Gasteiger partial charge on any atom is -0.481 e. The number of halogens is 1. The van der Waals surface area contributed by atoms with Gasteiger partial charge in [0.25, 0.3) is 5.91 Å². The van der Waals surface area contributed by atoms with Crippen molar-refractivity contribution >= 4 is 23.2 Å². The Morgan fingerprint density at radius 3 is 2.50 bits per heavy atom. The quantitative estimate of drug-likeness (QED) is 0.810. The summed E-state index contributed by atoms with van der Waals surface area (Å²) in [6.07, 6.45) is -0.619.